The van der Waals surface area contributed by atoms with E-state index in [-0.39, 0.29) is 18.2 Å². The zero-order valence-corrected chi connectivity index (χ0v) is 20.3. The van der Waals surface area contributed by atoms with Crippen LogP contribution in [-0.2, 0) is 4.74 Å². The number of rotatable bonds is 5. The van der Waals surface area contributed by atoms with Crippen molar-refractivity contribution in [3.05, 3.63) is 17.8 Å². The Hall–Kier alpha value is -2.59. The summed E-state index contributed by atoms with van der Waals surface area (Å²) in [6.07, 6.45) is 3.43. The Morgan fingerprint density at radius 2 is 1.97 bits per heavy atom. The minimum Gasteiger partial charge on any atom is -0.444 e. The van der Waals surface area contributed by atoms with Crippen molar-refractivity contribution in [2.24, 2.45) is 0 Å². The molecule has 1 amide bonds. The Kier molecular flexibility index (Phi) is 6.67. The van der Waals surface area contributed by atoms with Crippen LogP contribution < -0.4 is 16.0 Å². The van der Waals surface area contributed by atoms with Crippen molar-refractivity contribution in [3.8, 4) is 0 Å². The van der Waals surface area contributed by atoms with Crippen LogP contribution in [0, 0.1) is 0 Å². The molecule has 2 aliphatic heterocycles. The van der Waals surface area contributed by atoms with Gasteiger partial charge in [0.1, 0.15) is 23.5 Å². The number of hydrogen-bond donors (Lipinski definition) is 4. The Balaban J connectivity index is 1.49. The Bertz CT molecular complexity index is 976. The minimum atomic E-state index is -0.489. The standard InChI is InChI=1S/C23H37N7O3/c1-14(2)17-13-25-30-19(11-18(28-21(17)30)26-16-10-20(31)24-12-16)27-15-6-8-29(9-7-15)22(32)33-23(3,4)5/h11,13-16,20,24,27,31H,6-10,12H2,1-5H3,(H,26,28)/t16-,20-/m1/s1. The maximum Gasteiger partial charge on any atom is 0.410 e. The van der Waals surface area contributed by atoms with Crippen LogP contribution in [0.25, 0.3) is 5.65 Å². The maximum atomic E-state index is 12.4. The second kappa shape index (κ2) is 9.34. The van der Waals surface area contributed by atoms with Gasteiger partial charge in [-0.05, 0) is 39.5 Å². The molecular formula is C23H37N7O3. The van der Waals surface area contributed by atoms with Gasteiger partial charge in [-0.15, -0.1) is 0 Å². The summed E-state index contributed by atoms with van der Waals surface area (Å²) in [6.45, 7) is 11.9. The number of fused-ring (bicyclic) bond motifs is 1. The molecular weight excluding hydrogens is 422 g/mol. The number of amides is 1. The summed E-state index contributed by atoms with van der Waals surface area (Å²) in [5.41, 5.74) is 1.43. The van der Waals surface area contributed by atoms with Crippen LogP contribution in [0.4, 0.5) is 16.4 Å². The fourth-order valence-corrected chi connectivity index (χ4v) is 4.34. The zero-order valence-electron chi connectivity index (χ0n) is 20.3. The largest absolute Gasteiger partial charge is 0.444 e. The van der Waals surface area contributed by atoms with Gasteiger partial charge in [0, 0.05) is 49.8 Å². The molecule has 10 heteroatoms. The second-order valence-corrected chi connectivity index (χ2v) is 10.4. The SMILES string of the molecule is CC(C)c1cnn2c(NC3CCN(C(=O)OC(C)(C)C)CC3)cc(N[C@H]3CN[C@H](O)C3)nc12. The molecule has 0 spiro atoms. The molecule has 0 radical (unpaired) electrons. The quantitative estimate of drug-likeness (QED) is 0.539. The highest BCUT2D eigenvalue weighted by Crippen LogP contribution is 2.26. The van der Waals surface area contributed by atoms with Gasteiger partial charge in [-0.2, -0.15) is 9.61 Å². The van der Waals surface area contributed by atoms with Gasteiger partial charge in [0.15, 0.2) is 5.65 Å². The number of piperidine rings is 1. The molecule has 2 atom stereocenters. The number of carbonyl (C=O) groups excluding carboxylic acids is 1. The summed E-state index contributed by atoms with van der Waals surface area (Å²) in [4.78, 5) is 19.0. The molecule has 0 unspecified atom stereocenters. The van der Waals surface area contributed by atoms with Crippen LogP contribution in [0.2, 0.25) is 0 Å². The van der Waals surface area contributed by atoms with Gasteiger partial charge in [0.2, 0.25) is 0 Å². The van der Waals surface area contributed by atoms with E-state index >= 15 is 0 Å². The predicted octanol–water partition coefficient (Wildman–Crippen LogP) is 2.76. The summed E-state index contributed by atoms with van der Waals surface area (Å²) in [5.74, 6) is 1.93. The zero-order chi connectivity index (χ0) is 23.8. The third-order valence-corrected chi connectivity index (χ3v) is 6.08. The molecule has 182 valence electrons. The average molecular weight is 460 g/mol. The molecule has 4 N–H and O–H groups in total. The van der Waals surface area contributed by atoms with Crippen LogP contribution in [0.1, 0.15) is 65.4 Å². The number of nitrogens with zero attached hydrogens (tertiary/aromatic N) is 4. The molecule has 0 aliphatic carbocycles. The molecule has 2 aromatic heterocycles. The van der Waals surface area contributed by atoms with E-state index in [0.717, 1.165) is 35.7 Å². The lowest BCUT2D eigenvalue weighted by atomic mass is 10.1. The number of aliphatic hydroxyl groups excluding tert-OH is 1. The maximum absolute atomic E-state index is 12.4. The smallest absolute Gasteiger partial charge is 0.410 e. The van der Waals surface area contributed by atoms with Crippen molar-refractivity contribution in [2.75, 3.05) is 30.3 Å². The van der Waals surface area contributed by atoms with Gasteiger partial charge in [0.05, 0.1) is 6.20 Å². The molecule has 4 heterocycles. The monoisotopic (exact) mass is 459 g/mol. The Morgan fingerprint density at radius 1 is 1.24 bits per heavy atom. The van der Waals surface area contributed by atoms with Crippen molar-refractivity contribution in [1.82, 2.24) is 24.8 Å². The number of likely N-dealkylation sites (tertiary alicyclic amines) is 1. The van der Waals surface area contributed by atoms with E-state index in [1.54, 1.807) is 4.90 Å². The number of anilines is 2. The Labute approximate surface area is 195 Å². The van der Waals surface area contributed by atoms with Crippen LogP contribution >= 0.6 is 0 Å². The van der Waals surface area contributed by atoms with Crippen molar-refractivity contribution in [3.63, 3.8) is 0 Å². The number of hydrogen-bond acceptors (Lipinski definition) is 8. The molecule has 0 aromatic carbocycles. The molecule has 10 nitrogen and oxygen atoms in total. The summed E-state index contributed by atoms with van der Waals surface area (Å²) in [5, 5.41) is 24.5. The number of nitrogens with one attached hydrogen (secondary N) is 3. The fraction of sp³-hybridized carbons (Fsp3) is 0.696. The van der Waals surface area contributed by atoms with Gasteiger partial charge >= 0.3 is 6.09 Å². The average Bonchev–Trinajstić information content (AvgIpc) is 3.33. The minimum absolute atomic E-state index is 0.116. The summed E-state index contributed by atoms with van der Waals surface area (Å²) in [7, 11) is 0. The van der Waals surface area contributed by atoms with Gasteiger partial charge in [-0.1, -0.05) is 13.8 Å². The van der Waals surface area contributed by atoms with Crippen molar-refractivity contribution in [1.29, 1.82) is 0 Å². The molecule has 0 saturated carbocycles. The number of aliphatic hydroxyl groups is 1. The van der Waals surface area contributed by atoms with Crippen LogP contribution in [0.5, 0.6) is 0 Å². The van der Waals surface area contributed by atoms with E-state index in [2.05, 4.69) is 34.9 Å². The number of carbonyl (C=O) groups is 1. The van der Waals surface area contributed by atoms with Gasteiger partial charge in [-0.25, -0.2) is 9.78 Å². The van der Waals surface area contributed by atoms with Crippen LogP contribution in [0.15, 0.2) is 12.3 Å². The van der Waals surface area contributed by atoms with E-state index < -0.39 is 11.8 Å². The summed E-state index contributed by atoms with van der Waals surface area (Å²) in [6, 6.07) is 2.31. The molecule has 0 bridgehead atoms. The Morgan fingerprint density at radius 3 is 2.58 bits per heavy atom. The van der Waals surface area contributed by atoms with E-state index in [9.17, 15) is 9.90 Å². The van der Waals surface area contributed by atoms with Gasteiger partial charge in [-0.3, -0.25) is 5.32 Å². The van der Waals surface area contributed by atoms with Crippen LogP contribution in [-0.4, -0.2) is 74.2 Å². The van der Waals surface area contributed by atoms with E-state index in [0.29, 0.717) is 32.0 Å². The highest BCUT2D eigenvalue weighted by Gasteiger charge is 2.28. The fourth-order valence-electron chi connectivity index (χ4n) is 4.34. The molecule has 33 heavy (non-hydrogen) atoms. The van der Waals surface area contributed by atoms with Gasteiger partial charge in [0.25, 0.3) is 0 Å². The van der Waals surface area contributed by atoms with Crippen molar-refractivity contribution in [2.45, 2.75) is 83.7 Å². The first-order valence-electron chi connectivity index (χ1n) is 11.9. The van der Waals surface area contributed by atoms with E-state index in [1.165, 1.54) is 0 Å². The first-order valence-corrected chi connectivity index (χ1v) is 11.9. The van der Waals surface area contributed by atoms with Crippen LogP contribution in [0.3, 0.4) is 0 Å². The molecule has 2 aromatic rings. The third kappa shape index (κ3) is 5.67. The number of ether oxygens (including phenoxy) is 1. The highest BCUT2D eigenvalue weighted by atomic mass is 16.6. The van der Waals surface area contributed by atoms with E-state index in [1.807, 2.05) is 37.5 Å². The first-order chi connectivity index (χ1) is 15.6. The molecule has 4 rings (SSSR count). The summed E-state index contributed by atoms with van der Waals surface area (Å²) >= 11 is 0. The van der Waals surface area contributed by atoms with E-state index in [4.69, 9.17) is 9.72 Å². The summed E-state index contributed by atoms with van der Waals surface area (Å²) < 4.78 is 7.38. The first kappa shape index (κ1) is 23.6. The van der Waals surface area contributed by atoms with Crippen molar-refractivity contribution < 1.29 is 14.6 Å². The lowest BCUT2D eigenvalue weighted by Gasteiger charge is -2.34. The second-order valence-electron chi connectivity index (χ2n) is 10.4. The topological polar surface area (TPSA) is 116 Å². The molecule has 2 fully saturated rings. The molecule has 2 aliphatic rings. The van der Waals surface area contributed by atoms with Crippen molar-refractivity contribution >= 4 is 23.4 Å². The number of aromatic nitrogens is 3. The van der Waals surface area contributed by atoms with Gasteiger partial charge < -0.3 is 25.4 Å². The lowest BCUT2D eigenvalue weighted by molar-refractivity contribution is 0.0210. The predicted molar refractivity (Wildman–Crippen MR) is 128 cm³/mol. The molecule has 2 saturated heterocycles. The highest BCUT2D eigenvalue weighted by molar-refractivity contribution is 5.68. The third-order valence-electron chi connectivity index (χ3n) is 6.08. The lowest BCUT2D eigenvalue weighted by Crippen LogP contribution is -2.44. The normalized spacial score (nSPS) is 22.2.